The van der Waals surface area contributed by atoms with Crippen molar-refractivity contribution in [2.45, 2.75) is 25.7 Å². The van der Waals surface area contributed by atoms with Crippen molar-refractivity contribution in [1.29, 1.82) is 0 Å². The van der Waals surface area contributed by atoms with Gasteiger partial charge in [-0.1, -0.05) is 46.7 Å². The van der Waals surface area contributed by atoms with Crippen molar-refractivity contribution in [1.82, 2.24) is 20.2 Å². The van der Waals surface area contributed by atoms with Crippen LogP contribution < -0.4 is 0 Å². The molecule has 0 amide bonds. The number of thiophene rings is 1. The van der Waals surface area contributed by atoms with Crippen LogP contribution in [0.15, 0.2) is 63.0 Å². The van der Waals surface area contributed by atoms with Crippen molar-refractivity contribution in [3.05, 3.63) is 65.6 Å². The maximum atomic E-state index is 5.48. The molecule has 4 rings (SSSR count). The van der Waals surface area contributed by atoms with Gasteiger partial charge >= 0.3 is 0 Å². The maximum absolute atomic E-state index is 5.48. The van der Waals surface area contributed by atoms with Crippen LogP contribution in [0.25, 0.3) is 22.0 Å². The van der Waals surface area contributed by atoms with Gasteiger partial charge in [0.1, 0.15) is 11.5 Å². The zero-order chi connectivity index (χ0) is 19.9. The van der Waals surface area contributed by atoms with E-state index in [4.69, 9.17) is 9.05 Å². The maximum Gasteiger partial charge on any atom is 0.227 e. The van der Waals surface area contributed by atoms with E-state index in [0.717, 1.165) is 60.7 Å². The molecule has 0 fully saturated rings. The molecule has 0 aliphatic heterocycles. The summed E-state index contributed by atoms with van der Waals surface area (Å²) in [7, 11) is 2.14. The van der Waals surface area contributed by atoms with Crippen LogP contribution in [0.1, 0.15) is 24.5 Å². The second-order valence-electron chi connectivity index (χ2n) is 7.04. The number of nitrogens with zero attached hydrogens (tertiary/aromatic N) is 4. The van der Waals surface area contributed by atoms with E-state index in [1.807, 2.05) is 53.9 Å². The highest BCUT2D eigenvalue weighted by Gasteiger charge is 2.10. The molecule has 150 valence electrons. The van der Waals surface area contributed by atoms with E-state index in [1.54, 1.807) is 11.3 Å². The average molecular weight is 409 g/mol. The van der Waals surface area contributed by atoms with Crippen LogP contribution in [0, 0.1) is 0 Å². The van der Waals surface area contributed by atoms with Crippen molar-refractivity contribution in [2.75, 3.05) is 20.1 Å². The molecule has 0 N–H and O–H groups in total. The molecule has 0 saturated heterocycles. The van der Waals surface area contributed by atoms with Crippen molar-refractivity contribution in [2.24, 2.45) is 0 Å². The normalized spacial score (nSPS) is 11.4. The second-order valence-corrected chi connectivity index (χ2v) is 7.99. The van der Waals surface area contributed by atoms with Gasteiger partial charge in [0, 0.05) is 24.5 Å². The predicted octanol–water partition coefficient (Wildman–Crippen LogP) is 4.95. The molecule has 0 unspecified atom stereocenters. The van der Waals surface area contributed by atoms with Crippen molar-refractivity contribution >= 4 is 11.3 Å². The first-order chi connectivity index (χ1) is 14.3. The SMILES string of the molecule is CN(CCCc1cc(-c2ccccc2)no1)CCCc1nc(-c2cccs2)no1. The summed E-state index contributed by atoms with van der Waals surface area (Å²) in [5.41, 5.74) is 1.98. The molecule has 7 heteroatoms. The molecule has 29 heavy (non-hydrogen) atoms. The summed E-state index contributed by atoms with van der Waals surface area (Å²) >= 11 is 1.62. The Kier molecular flexibility index (Phi) is 6.49. The Hall–Kier alpha value is -2.77. The van der Waals surface area contributed by atoms with Gasteiger partial charge in [-0.3, -0.25) is 0 Å². The number of rotatable bonds is 10. The number of aromatic nitrogens is 3. The number of benzene rings is 1. The Labute approximate surface area is 174 Å². The summed E-state index contributed by atoms with van der Waals surface area (Å²) in [5.74, 6) is 2.33. The summed E-state index contributed by atoms with van der Waals surface area (Å²) in [6.45, 7) is 1.99. The minimum Gasteiger partial charge on any atom is -0.361 e. The van der Waals surface area contributed by atoms with Crippen LogP contribution in [0.4, 0.5) is 0 Å². The molecule has 3 heterocycles. The fourth-order valence-corrected chi connectivity index (χ4v) is 3.82. The summed E-state index contributed by atoms with van der Waals surface area (Å²) < 4.78 is 10.8. The number of hydrogen-bond donors (Lipinski definition) is 0. The zero-order valence-electron chi connectivity index (χ0n) is 16.5. The molecule has 0 atom stereocenters. The van der Waals surface area contributed by atoms with E-state index in [2.05, 4.69) is 27.2 Å². The topological polar surface area (TPSA) is 68.2 Å². The highest BCUT2D eigenvalue weighted by molar-refractivity contribution is 7.13. The molecule has 3 aromatic heterocycles. The highest BCUT2D eigenvalue weighted by Crippen LogP contribution is 2.22. The first-order valence-corrected chi connectivity index (χ1v) is 10.7. The Morgan fingerprint density at radius 1 is 0.931 bits per heavy atom. The van der Waals surface area contributed by atoms with Gasteiger partial charge in [-0.2, -0.15) is 4.98 Å². The smallest absolute Gasteiger partial charge is 0.227 e. The molecule has 0 bridgehead atoms. The molecule has 0 aliphatic rings. The summed E-state index contributed by atoms with van der Waals surface area (Å²) in [5, 5.41) is 10.2. The third-order valence-electron chi connectivity index (χ3n) is 4.73. The summed E-state index contributed by atoms with van der Waals surface area (Å²) in [6, 6.07) is 16.1. The minimum atomic E-state index is 0.685. The average Bonchev–Trinajstić information content (AvgIpc) is 3.50. The van der Waals surface area contributed by atoms with Crippen LogP contribution in [0.5, 0.6) is 0 Å². The molecular formula is C22H24N4O2S. The van der Waals surface area contributed by atoms with Crippen LogP contribution in [0.3, 0.4) is 0 Å². The fourth-order valence-electron chi connectivity index (χ4n) is 3.17. The Bertz CT molecular complexity index is 995. The van der Waals surface area contributed by atoms with Crippen molar-refractivity contribution in [3.63, 3.8) is 0 Å². The Balaban J connectivity index is 1.15. The molecule has 1 aromatic carbocycles. The van der Waals surface area contributed by atoms with Crippen LogP contribution in [-0.2, 0) is 12.8 Å². The zero-order valence-corrected chi connectivity index (χ0v) is 17.3. The Morgan fingerprint density at radius 3 is 2.55 bits per heavy atom. The summed E-state index contributed by atoms with van der Waals surface area (Å²) in [4.78, 5) is 7.84. The van der Waals surface area contributed by atoms with Gasteiger partial charge in [-0.05, 0) is 44.4 Å². The third kappa shape index (κ3) is 5.40. The van der Waals surface area contributed by atoms with Crippen molar-refractivity contribution < 1.29 is 9.05 Å². The van der Waals surface area contributed by atoms with E-state index in [9.17, 15) is 0 Å². The molecule has 0 aliphatic carbocycles. The first kappa shape index (κ1) is 19.5. The number of hydrogen-bond acceptors (Lipinski definition) is 7. The predicted molar refractivity (Wildman–Crippen MR) is 114 cm³/mol. The van der Waals surface area contributed by atoms with Crippen LogP contribution in [-0.4, -0.2) is 40.3 Å². The van der Waals surface area contributed by atoms with E-state index in [1.165, 1.54) is 0 Å². The van der Waals surface area contributed by atoms with Gasteiger partial charge in [0.05, 0.1) is 4.88 Å². The van der Waals surface area contributed by atoms with Gasteiger partial charge in [-0.25, -0.2) is 0 Å². The first-order valence-electron chi connectivity index (χ1n) is 9.84. The van der Waals surface area contributed by atoms with Gasteiger partial charge in [0.2, 0.25) is 11.7 Å². The second kappa shape index (κ2) is 9.62. The fraction of sp³-hybridized carbons (Fsp3) is 0.318. The van der Waals surface area contributed by atoms with E-state index >= 15 is 0 Å². The lowest BCUT2D eigenvalue weighted by atomic mass is 10.1. The van der Waals surface area contributed by atoms with Gasteiger partial charge < -0.3 is 13.9 Å². The van der Waals surface area contributed by atoms with E-state index < -0.39 is 0 Å². The molecule has 4 aromatic rings. The molecule has 6 nitrogen and oxygen atoms in total. The lowest BCUT2D eigenvalue weighted by Gasteiger charge is -2.15. The molecular weight excluding hydrogens is 384 g/mol. The lowest BCUT2D eigenvalue weighted by Crippen LogP contribution is -2.21. The van der Waals surface area contributed by atoms with Crippen molar-refractivity contribution in [3.8, 4) is 22.0 Å². The minimum absolute atomic E-state index is 0.685. The van der Waals surface area contributed by atoms with Crippen LogP contribution >= 0.6 is 11.3 Å². The third-order valence-corrected chi connectivity index (χ3v) is 5.60. The highest BCUT2D eigenvalue weighted by atomic mass is 32.1. The Morgan fingerprint density at radius 2 is 1.76 bits per heavy atom. The monoisotopic (exact) mass is 408 g/mol. The quantitative estimate of drug-likeness (QED) is 0.370. The summed E-state index contributed by atoms with van der Waals surface area (Å²) in [6.07, 6.45) is 3.70. The number of aryl methyl sites for hydroxylation is 2. The van der Waals surface area contributed by atoms with Gasteiger partial charge in [-0.15, -0.1) is 11.3 Å². The molecule has 0 radical (unpaired) electrons. The van der Waals surface area contributed by atoms with Gasteiger partial charge in [0.15, 0.2) is 0 Å². The molecule has 0 saturated carbocycles. The largest absolute Gasteiger partial charge is 0.361 e. The van der Waals surface area contributed by atoms with Crippen LogP contribution in [0.2, 0.25) is 0 Å². The van der Waals surface area contributed by atoms with E-state index in [-0.39, 0.29) is 0 Å². The van der Waals surface area contributed by atoms with E-state index in [0.29, 0.717) is 11.7 Å². The molecule has 0 spiro atoms. The van der Waals surface area contributed by atoms with Gasteiger partial charge in [0.25, 0.3) is 0 Å². The standard InChI is InChI=1S/C22H24N4O2S/c1-26(14-6-12-21-23-22(25-28-21)20-11-7-15-29-20)13-5-10-18-16-19(24-27-18)17-8-3-2-4-9-17/h2-4,7-9,11,15-16H,5-6,10,12-14H2,1H3. The lowest BCUT2D eigenvalue weighted by molar-refractivity contribution is 0.305.